The smallest absolute Gasteiger partial charge is 0.307 e. The van der Waals surface area contributed by atoms with Crippen molar-refractivity contribution in [2.24, 2.45) is 0 Å². The second kappa shape index (κ2) is 4.63. The number of anilines is 1. The normalized spacial score (nSPS) is 11.1. The zero-order chi connectivity index (χ0) is 15.1. The van der Waals surface area contributed by atoms with Gasteiger partial charge in [-0.25, -0.2) is 0 Å². The average Bonchev–Trinajstić information content (AvgIpc) is 2.44. The lowest BCUT2D eigenvalue weighted by atomic mass is 10.0. The zero-order valence-corrected chi connectivity index (χ0v) is 11.3. The topological polar surface area (TPSA) is 93.5 Å². The molecule has 0 saturated heterocycles. The Morgan fingerprint density at radius 2 is 1.90 bits per heavy atom. The number of hydrogen-bond donors (Lipinski definition) is 2. The summed E-state index contributed by atoms with van der Waals surface area (Å²) >= 11 is 0. The van der Waals surface area contributed by atoms with Crippen molar-refractivity contribution in [3.63, 3.8) is 0 Å². The Balaban J connectivity index is 2.49. The molecule has 5 heteroatoms. The van der Waals surface area contributed by atoms with E-state index in [-0.39, 0.29) is 17.4 Å². The molecule has 0 radical (unpaired) electrons. The summed E-state index contributed by atoms with van der Waals surface area (Å²) in [7, 11) is 0. The van der Waals surface area contributed by atoms with Crippen molar-refractivity contribution in [1.82, 2.24) is 0 Å². The number of aliphatic carboxylic acids is 1. The molecule has 3 aromatic rings. The van der Waals surface area contributed by atoms with Crippen LogP contribution in [0.3, 0.4) is 0 Å². The van der Waals surface area contributed by atoms with Crippen molar-refractivity contribution in [3.8, 4) is 0 Å². The molecule has 0 unspecified atom stereocenters. The van der Waals surface area contributed by atoms with Gasteiger partial charge in [-0.2, -0.15) is 0 Å². The molecule has 0 saturated carbocycles. The maximum Gasteiger partial charge on any atom is 0.307 e. The number of carboxylic acid groups (broad SMARTS) is 1. The average molecular weight is 283 g/mol. The van der Waals surface area contributed by atoms with Crippen LogP contribution in [0.5, 0.6) is 0 Å². The first-order valence-electron chi connectivity index (χ1n) is 6.44. The molecule has 0 fully saturated rings. The number of nitrogens with two attached hydrogens (primary N) is 1. The van der Waals surface area contributed by atoms with E-state index in [1.54, 1.807) is 30.3 Å². The van der Waals surface area contributed by atoms with Crippen LogP contribution in [0.25, 0.3) is 21.9 Å². The van der Waals surface area contributed by atoms with Gasteiger partial charge >= 0.3 is 5.97 Å². The van der Waals surface area contributed by atoms with Crippen molar-refractivity contribution in [2.75, 3.05) is 5.73 Å². The van der Waals surface area contributed by atoms with E-state index in [0.29, 0.717) is 27.6 Å². The minimum atomic E-state index is -0.984. The van der Waals surface area contributed by atoms with Gasteiger partial charge in [-0.3, -0.25) is 9.59 Å². The third-order valence-corrected chi connectivity index (χ3v) is 3.55. The van der Waals surface area contributed by atoms with Crippen LogP contribution in [0.1, 0.15) is 11.1 Å². The molecule has 0 atom stereocenters. The third kappa shape index (κ3) is 2.03. The maximum absolute atomic E-state index is 12.5. The van der Waals surface area contributed by atoms with Gasteiger partial charge in [-0.15, -0.1) is 0 Å². The minimum absolute atomic E-state index is 0.204. The Morgan fingerprint density at radius 3 is 2.62 bits per heavy atom. The molecule has 3 rings (SSSR count). The van der Waals surface area contributed by atoms with Crippen molar-refractivity contribution < 1.29 is 14.3 Å². The lowest BCUT2D eigenvalue weighted by molar-refractivity contribution is -0.136. The predicted octanol–water partition coefficient (Wildman–Crippen LogP) is 2.46. The molecule has 0 aliphatic rings. The number of carbonyl (C=O) groups is 1. The van der Waals surface area contributed by atoms with E-state index in [1.807, 2.05) is 6.92 Å². The van der Waals surface area contributed by atoms with Gasteiger partial charge in [-0.05, 0) is 24.6 Å². The number of nitrogen functional groups attached to an aromatic ring is 1. The van der Waals surface area contributed by atoms with E-state index in [2.05, 4.69) is 0 Å². The van der Waals surface area contributed by atoms with Crippen LogP contribution in [0.4, 0.5) is 5.69 Å². The second-order valence-corrected chi connectivity index (χ2v) is 4.97. The van der Waals surface area contributed by atoms with Crippen LogP contribution in [0.15, 0.2) is 39.5 Å². The molecule has 3 N–H and O–H groups in total. The highest BCUT2D eigenvalue weighted by Crippen LogP contribution is 2.27. The molecule has 0 bridgehead atoms. The lowest BCUT2D eigenvalue weighted by Gasteiger charge is -2.08. The molecule has 21 heavy (non-hydrogen) atoms. The van der Waals surface area contributed by atoms with Crippen molar-refractivity contribution in [3.05, 3.63) is 51.7 Å². The summed E-state index contributed by atoms with van der Waals surface area (Å²) in [6.07, 6.45) is -0.211. The van der Waals surface area contributed by atoms with Gasteiger partial charge in [0.15, 0.2) is 5.58 Å². The number of benzene rings is 2. The van der Waals surface area contributed by atoms with E-state index in [0.717, 1.165) is 5.56 Å². The van der Waals surface area contributed by atoms with E-state index < -0.39 is 5.97 Å². The Hall–Kier alpha value is -2.82. The fraction of sp³-hybridized carbons (Fsp3) is 0.125. The summed E-state index contributed by atoms with van der Waals surface area (Å²) in [6, 6.07) is 8.36. The fourth-order valence-electron chi connectivity index (χ4n) is 2.42. The first-order chi connectivity index (χ1) is 9.99. The van der Waals surface area contributed by atoms with E-state index >= 15 is 0 Å². The van der Waals surface area contributed by atoms with Gasteiger partial charge in [0.05, 0.1) is 22.9 Å². The Bertz CT molecular complexity index is 940. The van der Waals surface area contributed by atoms with Crippen LogP contribution < -0.4 is 11.2 Å². The first kappa shape index (κ1) is 13.2. The predicted molar refractivity (Wildman–Crippen MR) is 80.5 cm³/mol. The van der Waals surface area contributed by atoms with Crippen LogP contribution >= 0.6 is 0 Å². The van der Waals surface area contributed by atoms with Crippen LogP contribution in [0, 0.1) is 6.92 Å². The van der Waals surface area contributed by atoms with Crippen molar-refractivity contribution in [1.29, 1.82) is 0 Å². The fourth-order valence-corrected chi connectivity index (χ4v) is 2.42. The lowest BCUT2D eigenvalue weighted by Crippen LogP contribution is -2.07. The molecule has 0 spiro atoms. The monoisotopic (exact) mass is 283 g/mol. The molecular weight excluding hydrogens is 270 g/mol. The third-order valence-electron chi connectivity index (χ3n) is 3.55. The van der Waals surface area contributed by atoms with Crippen LogP contribution in [-0.2, 0) is 11.2 Å². The summed E-state index contributed by atoms with van der Waals surface area (Å²) in [5.74, 6) is -0.984. The molecule has 5 nitrogen and oxygen atoms in total. The van der Waals surface area contributed by atoms with Crippen LogP contribution in [0.2, 0.25) is 0 Å². The number of rotatable bonds is 2. The first-order valence-corrected chi connectivity index (χ1v) is 6.44. The summed E-state index contributed by atoms with van der Waals surface area (Å²) in [5, 5.41) is 9.73. The highest BCUT2D eigenvalue weighted by atomic mass is 16.4. The molecule has 1 heterocycles. The summed E-state index contributed by atoms with van der Waals surface area (Å²) < 4.78 is 5.78. The molecular formula is C16H13NO4. The maximum atomic E-state index is 12.5. The minimum Gasteiger partial charge on any atom is -0.481 e. The summed E-state index contributed by atoms with van der Waals surface area (Å²) in [6.45, 7) is 1.82. The molecule has 0 aliphatic carbocycles. The molecule has 2 aromatic carbocycles. The van der Waals surface area contributed by atoms with Crippen molar-refractivity contribution >= 4 is 33.6 Å². The largest absolute Gasteiger partial charge is 0.481 e. The summed E-state index contributed by atoms with van der Waals surface area (Å²) in [5.41, 5.74) is 8.04. The van der Waals surface area contributed by atoms with E-state index in [4.69, 9.17) is 15.3 Å². The number of hydrogen-bond acceptors (Lipinski definition) is 4. The highest BCUT2D eigenvalue weighted by Gasteiger charge is 2.14. The zero-order valence-electron chi connectivity index (χ0n) is 11.3. The van der Waals surface area contributed by atoms with E-state index in [9.17, 15) is 9.59 Å². The van der Waals surface area contributed by atoms with Gasteiger partial charge in [0.2, 0.25) is 5.43 Å². The van der Waals surface area contributed by atoms with Gasteiger partial charge < -0.3 is 15.3 Å². The quantitative estimate of drug-likeness (QED) is 0.556. The van der Waals surface area contributed by atoms with Crippen molar-refractivity contribution in [2.45, 2.75) is 13.3 Å². The number of fused-ring (bicyclic) bond motifs is 2. The number of carboxylic acids is 1. The van der Waals surface area contributed by atoms with Gasteiger partial charge in [0, 0.05) is 5.56 Å². The molecule has 0 aliphatic heterocycles. The molecule has 1 aromatic heterocycles. The van der Waals surface area contributed by atoms with Crippen LogP contribution in [-0.4, -0.2) is 11.1 Å². The van der Waals surface area contributed by atoms with Gasteiger partial charge in [0.1, 0.15) is 5.58 Å². The molecule has 106 valence electrons. The Morgan fingerprint density at radius 1 is 1.19 bits per heavy atom. The number of aryl methyl sites for hydroxylation is 1. The van der Waals surface area contributed by atoms with Gasteiger partial charge in [0.25, 0.3) is 0 Å². The standard InChI is InChI=1S/C16H13NO4/c1-8-5-6-11-14(20)10-4-2-3-9(7-12(18)19)15(10)21-16(11)13(8)17/h2-6H,7,17H2,1H3,(H,18,19). The number of para-hydroxylation sites is 1. The Labute approximate surface area is 119 Å². The highest BCUT2D eigenvalue weighted by molar-refractivity contribution is 5.97. The molecule has 0 amide bonds. The van der Waals surface area contributed by atoms with E-state index in [1.165, 1.54) is 0 Å². The Kier molecular flexibility index (Phi) is 2.90. The summed E-state index contributed by atoms with van der Waals surface area (Å²) in [4.78, 5) is 23.5. The van der Waals surface area contributed by atoms with Gasteiger partial charge in [-0.1, -0.05) is 18.2 Å². The SMILES string of the molecule is Cc1ccc2c(=O)c3cccc(CC(=O)O)c3oc2c1N. The second-order valence-electron chi connectivity index (χ2n) is 4.97.